The summed E-state index contributed by atoms with van der Waals surface area (Å²) in [5.74, 6) is 0.0560. The highest BCUT2D eigenvalue weighted by Crippen LogP contribution is 2.19. The summed E-state index contributed by atoms with van der Waals surface area (Å²) in [4.78, 5) is 12.1. The molecule has 1 unspecified atom stereocenters. The van der Waals surface area contributed by atoms with Gasteiger partial charge in [0.1, 0.15) is 6.10 Å². The second-order valence-electron chi connectivity index (χ2n) is 5.20. The van der Waals surface area contributed by atoms with Gasteiger partial charge in [0.05, 0.1) is 6.10 Å². The molecule has 1 amide bonds. The number of unbranched alkanes of at least 4 members (excludes halogenated alkanes) is 1. The molecule has 0 aromatic rings. The Morgan fingerprint density at radius 1 is 1.32 bits per heavy atom. The summed E-state index contributed by atoms with van der Waals surface area (Å²) in [6.45, 7) is 4.84. The molecule has 0 radical (unpaired) electrons. The first kappa shape index (κ1) is 18.7. The van der Waals surface area contributed by atoms with E-state index in [9.17, 15) is 4.79 Å². The van der Waals surface area contributed by atoms with Crippen molar-refractivity contribution in [1.82, 2.24) is 5.32 Å². The molecule has 3 N–H and O–H groups in total. The molecule has 19 heavy (non-hydrogen) atoms. The fourth-order valence-corrected chi connectivity index (χ4v) is 2.45. The van der Waals surface area contributed by atoms with Gasteiger partial charge in [0.15, 0.2) is 0 Å². The second-order valence-corrected chi connectivity index (χ2v) is 5.20. The summed E-state index contributed by atoms with van der Waals surface area (Å²) >= 11 is 0. The van der Waals surface area contributed by atoms with Gasteiger partial charge >= 0.3 is 0 Å². The molecule has 0 spiro atoms. The van der Waals surface area contributed by atoms with Crippen molar-refractivity contribution in [2.45, 2.75) is 77.0 Å². The van der Waals surface area contributed by atoms with Crippen LogP contribution in [0.1, 0.15) is 58.8 Å². The van der Waals surface area contributed by atoms with Gasteiger partial charge in [0.25, 0.3) is 0 Å². The lowest BCUT2D eigenvalue weighted by atomic mass is 10.0. The number of carbonyl (C=O) groups is 1. The van der Waals surface area contributed by atoms with E-state index < -0.39 is 0 Å². The normalized spacial score (nSPS) is 23.7. The highest BCUT2D eigenvalue weighted by atomic mass is 35.5. The molecular weight excluding hydrogens is 264 g/mol. The standard InChI is InChI=1S/C14H28N2O2.ClH/c1-3-5-7-11(6-4-2)16-14(17)13-9-8-12(10-15)18-13;/h11-13H,3-10,15H2,1-2H3,(H,16,17);1H/t11?,12-,13+;/m1./s1. The third-order valence-electron chi connectivity index (χ3n) is 3.55. The molecule has 0 bridgehead atoms. The van der Waals surface area contributed by atoms with E-state index in [1.54, 1.807) is 0 Å². The van der Waals surface area contributed by atoms with Gasteiger partial charge in [-0.3, -0.25) is 4.79 Å². The van der Waals surface area contributed by atoms with E-state index in [0.717, 1.165) is 32.1 Å². The lowest BCUT2D eigenvalue weighted by molar-refractivity contribution is -0.132. The van der Waals surface area contributed by atoms with E-state index in [1.165, 1.54) is 12.8 Å². The summed E-state index contributed by atoms with van der Waals surface area (Å²) < 4.78 is 5.62. The molecule has 1 rings (SSSR count). The minimum Gasteiger partial charge on any atom is -0.364 e. The fourth-order valence-electron chi connectivity index (χ4n) is 2.45. The SMILES string of the molecule is CCCCC(CCC)NC(=O)[C@@H]1CC[C@H](CN)O1.Cl. The average molecular weight is 293 g/mol. The number of hydrogen-bond donors (Lipinski definition) is 2. The van der Waals surface area contributed by atoms with E-state index >= 15 is 0 Å². The van der Waals surface area contributed by atoms with Crippen LogP contribution in [0.3, 0.4) is 0 Å². The van der Waals surface area contributed by atoms with Crippen LogP contribution in [0.15, 0.2) is 0 Å². The van der Waals surface area contributed by atoms with Gasteiger partial charge in [0, 0.05) is 12.6 Å². The van der Waals surface area contributed by atoms with E-state index in [4.69, 9.17) is 10.5 Å². The molecule has 5 heteroatoms. The minimum atomic E-state index is -0.278. The molecule has 1 saturated heterocycles. The van der Waals surface area contributed by atoms with E-state index in [2.05, 4.69) is 19.2 Å². The molecule has 0 aromatic carbocycles. The van der Waals surface area contributed by atoms with Gasteiger partial charge in [-0.1, -0.05) is 33.1 Å². The first-order valence-corrected chi connectivity index (χ1v) is 7.37. The summed E-state index contributed by atoms with van der Waals surface area (Å²) in [7, 11) is 0. The maximum atomic E-state index is 12.1. The summed E-state index contributed by atoms with van der Waals surface area (Å²) in [5, 5.41) is 3.13. The van der Waals surface area contributed by atoms with Gasteiger partial charge in [-0.15, -0.1) is 12.4 Å². The molecule has 114 valence electrons. The molecule has 4 nitrogen and oxygen atoms in total. The van der Waals surface area contributed by atoms with Crippen LogP contribution < -0.4 is 11.1 Å². The van der Waals surface area contributed by atoms with Crippen molar-refractivity contribution in [1.29, 1.82) is 0 Å². The number of nitrogens with two attached hydrogens (primary N) is 1. The van der Waals surface area contributed by atoms with Crippen LogP contribution in [-0.2, 0) is 9.53 Å². The van der Waals surface area contributed by atoms with Gasteiger partial charge in [-0.2, -0.15) is 0 Å². The van der Waals surface area contributed by atoms with Crippen LogP contribution in [-0.4, -0.2) is 30.7 Å². The molecule has 1 fully saturated rings. The molecule has 1 aliphatic rings. The number of ether oxygens (including phenoxy) is 1. The molecule has 0 aliphatic carbocycles. The zero-order valence-corrected chi connectivity index (χ0v) is 13.0. The predicted molar refractivity (Wildman–Crippen MR) is 80.6 cm³/mol. The number of amides is 1. The molecule has 1 heterocycles. The lowest BCUT2D eigenvalue weighted by Gasteiger charge is -2.20. The lowest BCUT2D eigenvalue weighted by Crippen LogP contribution is -2.41. The average Bonchev–Trinajstić information content (AvgIpc) is 2.85. The summed E-state index contributed by atoms with van der Waals surface area (Å²) in [6.07, 6.45) is 7.07. The van der Waals surface area contributed by atoms with Crippen molar-refractivity contribution in [2.75, 3.05) is 6.54 Å². The number of nitrogens with one attached hydrogen (secondary N) is 1. The maximum Gasteiger partial charge on any atom is 0.249 e. The Morgan fingerprint density at radius 2 is 2.05 bits per heavy atom. The monoisotopic (exact) mass is 292 g/mol. The topological polar surface area (TPSA) is 64.4 Å². The molecule has 1 aliphatic heterocycles. The number of hydrogen-bond acceptors (Lipinski definition) is 3. The van der Waals surface area contributed by atoms with Crippen LogP contribution >= 0.6 is 12.4 Å². The zero-order chi connectivity index (χ0) is 13.4. The summed E-state index contributed by atoms with van der Waals surface area (Å²) in [6, 6.07) is 0.308. The van der Waals surface area contributed by atoms with Gasteiger partial charge < -0.3 is 15.8 Å². The first-order chi connectivity index (χ1) is 8.71. The van der Waals surface area contributed by atoms with Crippen LogP contribution in [0.5, 0.6) is 0 Å². The molecule has 0 aromatic heterocycles. The van der Waals surface area contributed by atoms with Crippen molar-refractivity contribution < 1.29 is 9.53 Å². The van der Waals surface area contributed by atoms with Crippen molar-refractivity contribution in [3.8, 4) is 0 Å². The van der Waals surface area contributed by atoms with Crippen LogP contribution in [0.2, 0.25) is 0 Å². The molecule has 3 atom stereocenters. The van der Waals surface area contributed by atoms with Crippen molar-refractivity contribution in [3.05, 3.63) is 0 Å². The third kappa shape index (κ3) is 6.59. The zero-order valence-electron chi connectivity index (χ0n) is 12.2. The Morgan fingerprint density at radius 3 is 2.58 bits per heavy atom. The van der Waals surface area contributed by atoms with Crippen LogP contribution in [0.25, 0.3) is 0 Å². The smallest absolute Gasteiger partial charge is 0.249 e. The highest BCUT2D eigenvalue weighted by Gasteiger charge is 2.30. The summed E-state index contributed by atoms with van der Waals surface area (Å²) in [5.41, 5.74) is 5.55. The highest BCUT2D eigenvalue weighted by molar-refractivity contribution is 5.85. The van der Waals surface area contributed by atoms with E-state index in [-0.39, 0.29) is 30.5 Å². The maximum absolute atomic E-state index is 12.1. The third-order valence-corrected chi connectivity index (χ3v) is 3.55. The van der Waals surface area contributed by atoms with E-state index in [1.807, 2.05) is 0 Å². The van der Waals surface area contributed by atoms with Crippen molar-refractivity contribution >= 4 is 18.3 Å². The second kappa shape index (κ2) is 10.5. The van der Waals surface area contributed by atoms with Gasteiger partial charge in [0.2, 0.25) is 5.91 Å². The number of carbonyl (C=O) groups excluding carboxylic acids is 1. The van der Waals surface area contributed by atoms with Crippen LogP contribution in [0.4, 0.5) is 0 Å². The first-order valence-electron chi connectivity index (χ1n) is 7.37. The van der Waals surface area contributed by atoms with E-state index in [0.29, 0.717) is 12.6 Å². The molecular formula is C14H29ClN2O2. The Bertz CT molecular complexity index is 252. The van der Waals surface area contributed by atoms with Crippen LogP contribution in [0, 0.1) is 0 Å². The quantitative estimate of drug-likeness (QED) is 0.722. The largest absolute Gasteiger partial charge is 0.364 e. The van der Waals surface area contributed by atoms with Gasteiger partial charge in [-0.25, -0.2) is 0 Å². The van der Waals surface area contributed by atoms with Crippen molar-refractivity contribution in [3.63, 3.8) is 0 Å². The Hall–Kier alpha value is -0.320. The Kier molecular flexibility index (Phi) is 10.3. The fraction of sp³-hybridized carbons (Fsp3) is 0.929. The predicted octanol–water partition coefficient (Wildman–Crippen LogP) is 2.39. The Labute approximate surface area is 123 Å². The number of rotatable bonds is 8. The number of halogens is 1. The Balaban J connectivity index is 0.00000324. The van der Waals surface area contributed by atoms with Gasteiger partial charge in [-0.05, 0) is 25.7 Å². The minimum absolute atomic E-state index is 0. The van der Waals surface area contributed by atoms with Crippen molar-refractivity contribution in [2.24, 2.45) is 5.73 Å². The molecule has 0 saturated carbocycles.